The second-order valence-electron chi connectivity index (χ2n) is 24.3. The van der Waals surface area contributed by atoms with Crippen LogP contribution in [-0.4, -0.2) is 232 Å². The molecule has 2 aliphatic heterocycles. The zero-order valence-electron chi connectivity index (χ0n) is 56.2. The molecule has 3 aromatic carbocycles. The second kappa shape index (κ2) is 36.8. The predicted molar refractivity (Wildman–Crippen MR) is 359 cm³/mol. The van der Waals surface area contributed by atoms with E-state index in [1.807, 2.05) is 21.3 Å². The lowest BCUT2D eigenvalue weighted by molar-refractivity contribution is -0.150. The van der Waals surface area contributed by atoms with Crippen LogP contribution in [0, 0.1) is 0 Å². The number of carbonyl (C=O) groups is 17. The molecule has 106 heavy (non-hydrogen) atoms. The first-order valence-corrected chi connectivity index (χ1v) is 32.5. The molecule has 5 aromatic rings. The highest BCUT2D eigenvalue weighted by atomic mass is 16.6. The Morgan fingerprint density at radius 1 is 0.623 bits per heavy atom. The van der Waals surface area contributed by atoms with Crippen molar-refractivity contribution in [1.29, 1.82) is 0 Å². The average molecular weight is 1480 g/mol. The van der Waals surface area contributed by atoms with Gasteiger partial charge in [-0.25, -0.2) is 4.79 Å². The van der Waals surface area contributed by atoms with Crippen molar-refractivity contribution in [1.82, 2.24) is 68.5 Å². The molecule has 12 amide bonds. The molecule has 2 saturated heterocycles. The van der Waals surface area contributed by atoms with Crippen molar-refractivity contribution in [2.24, 2.45) is 5.73 Å². The predicted octanol–water partition coefficient (Wildman–Crippen LogP) is -5.45. The van der Waals surface area contributed by atoms with Crippen LogP contribution >= 0.6 is 0 Å². The third-order valence-electron chi connectivity index (χ3n) is 16.4. The highest BCUT2D eigenvalue weighted by Crippen LogP contribution is 2.27. The Kier molecular flexibility index (Phi) is 28.0. The first-order chi connectivity index (χ1) is 50.2. The van der Waals surface area contributed by atoms with Gasteiger partial charge in [-0.15, -0.1) is 0 Å². The number of epoxide rings is 1. The normalized spacial score (nSPS) is 23.9. The number of aliphatic hydroxyl groups is 2. The molecule has 2 fully saturated rings. The summed E-state index contributed by atoms with van der Waals surface area (Å²) >= 11 is 0. The van der Waals surface area contributed by atoms with Gasteiger partial charge in [0.1, 0.15) is 71.9 Å². The van der Waals surface area contributed by atoms with Crippen LogP contribution in [0.3, 0.4) is 0 Å². The number of aliphatic carboxylic acids is 4. The molecule has 566 valence electrons. The number of phenols is 1. The standard InChI is InChI=1S/C66H76N14O26/c1-3-8-44-54(106-44)65(103)77-43(27-81)61(99)79-50-28(2)105-66(104)42(20-31-25-69-36-12-7-5-10-34(31)36)76-57(95)37(17-18-46(84)85)71-64(102)52(53(92)55(67)93)78-45(83)26-70-56(94)39(21-47(86)87)75-63(101)51(29-13-15-32(82)16-14-29)80-60(98)41(23-49(90)91)73-59(97)40(22-48(88)89)72-58(96)38(74-62(50)100)19-30-24-68-35-11-6-4-9-33(30)35/h4-7,9-16,20,24-25,28,37-41,43-44,50-54,68-69,81-82,92H,3,8,17-19,21-23,26-27H2,1-2H3,(H2,67,93)(H,70,94)(H,71,102)(H,72,96)(H,73,97)(H,74,100)(H,75,101)(H,76,95)(H,77,103)(H,78,83)(H,79,99)(H,80,98)(H,84,85)(H,86,87)(H,88,89)(H,90,91)/b42-20+/t28?,37?,38?,39-,40-,41?,43-,44?,50?,51+,52+,53-,54?/m0/s1. The molecule has 4 heterocycles. The third-order valence-corrected chi connectivity index (χ3v) is 16.4. The molecule has 0 spiro atoms. The summed E-state index contributed by atoms with van der Waals surface area (Å²) in [6.07, 6.45) is -8.34. The van der Waals surface area contributed by atoms with Crippen LogP contribution in [0.15, 0.2) is 90.9 Å². The minimum atomic E-state index is -2.73. The number of carboxylic acids is 4. The number of phenolic OH excluding ortho intramolecular Hbond substituents is 1. The SMILES string of the molecule is CCCC1OC1C(=O)N[C@@H](CO)C(=O)NC1C(=O)NC(Cc2c[nH]c3ccccc23)C(=O)N[C@@H](CC(=O)O)C(=O)NC(CC(=O)O)C(=O)N[C@H](c2ccc(O)cc2)C(=O)N[C@@H](CC(=O)O)C(=O)NCC(=O)N[C@H]([C@H](O)C(N)=O)C(=O)NC(CCC(=O)O)C(=O)N/C(=C/c2c[nH]c3ccccc23)C(=O)OC1C. The van der Waals surface area contributed by atoms with Crippen molar-refractivity contribution in [2.45, 2.75) is 144 Å². The lowest BCUT2D eigenvalue weighted by Gasteiger charge is -2.29. The summed E-state index contributed by atoms with van der Waals surface area (Å²) < 4.78 is 11.2. The zero-order chi connectivity index (χ0) is 77.8. The van der Waals surface area contributed by atoms with Crippen molar-refractivity contribution in [3.05, 3.63) is 108 Å². The van der Waals surface area contributed by atoms with Gasteiger partial charge in [0, 0.05) is 52.6 Å². The molecule has 0 saturated carbocycles. The molecular formula is C66H76N14O26. The lowest BCUT2D eigenvalue weighted by Crippen LogP contribution is -2.62. The number of cyclic esters (lactones) is 1. The number of amides is 12. The van der Waals surface area contributed by atoms with Gasteiger partial charge in [-0.3, -0.25) is 76.7 Å². The summed E-state index contributed by atoms with van der Waals surface area (Å²) in [6, 6.07) is -3.45. The Balaban J connectivity index is 1.38. The molecule has 0 aliphatic carbocycles. The van der Waals surface area contributed by atoms with Gasteiger partial charge >= 0.3 is 29.8 Å². The number of aromatic nitrogens is 2. The van der Waals surface area contributed by atoms with Gasteiger partial charge in [-0.1, -0.05) is 61.9 Å². The van der Waals surface area contributed by atoms with Gasteiger partial charge in [-0.05, 0) is 61.2 Å². The van der Waals surface area contributed by atoms with E-state index in [2.05, 4.69) is 47.2 Å². The third kappa shape index (κ3) is 22.3. The zero-order valence-corrected chi connectivity index (χ0v) is 56.2. The maximum atomic E-state index is 15.3. The lowest BCUT2D eigenvalue weighted by atomic mass is 10.0. The molecule has 2 aromatic heterocycles. The van der Waals surface area contributed by atoms with Gasteiger partial charge in [0.2, 0.25) is 65.0 Å². The first kappa shape index (κ1) is 80.5. The summed E-state index contributed by atoms with van der Waals surface area (Å²) in [6.45, 7) is 0.294. The van der Waals surface area contributed by atoms with Crippen molar-refractivity contribution >= 4 is 129 Å². The maximum absolute atomic E-state index is 15.3. The van der Waals surface area contributed by atoms with Crippen LogP contribution < -0.4 is 64.2 Å². The quantitative estimate of drug-likeness (QED) is 0.0175. The number of aromatic hydroxyl groups is 1. The largest absolute Gasteiger partial charge is 0.508 e. The van der Waals surface area contributed by atoms with Gasteiger partial charge in [0.25, 0.3) is 5.91 Å². The summed E-state index contributed by atoms with van der Waals surface area (Å²) in [4.78, 5) is 240. The van der Waals surface area contributed by atoms with E-state index in [1.54, 1.807) is 55.5 Å². The van der Waals surface area contributed by atoms with Gasteiger partial charge in [0.15, 0.2) is 12.2 Å². The molecule has 40 heteroatoms. The number of hydrogen-bond donors (Lipinski definition) is 21. The van der Waals surface area contributed by atoms with E-state index in [1.165, 1.54) is 12.4 Å². The number of para-hydroxylation sites is 2. The molecule has 7 unspecified atom stereocenters. The number of carbonyl (C=O) groups excluding carboxylic acids is 13. The molecule has 2 aliphatic rings. The van der Waals surface area contributed by atoms with Crippen LogP contribution in [0.4, 0.5) is 0 Å². The number of hydrogen-bond acceptors (Lipinski definition) is 22. The smallest absolute Gasteiger partial charge is 0.355 e. The summed E-state index contributed by atoms with van der Waals surface area (Å²) in [7, 11) is 0. The minimum Gasteiger partial charge on any atom is -0.508 e. The van der Waals surface area contributed by atoms with Crippen LogP contribution in [-0.2, 0) is 97.4 Å². The molecule has 22 N–H and O–H groups in total. The van der Waals surface area contributed by atoms with E-state index in [0.717, 1.165) is 37.3 Å². The van der Waals surface area contributed by atoms with Gasteiger partial charge < -0.3 is 119 Å². The van der Waals surface area contributed by atoms with Gasteiger partial charge in [0.05, 0.1) is 38.5 Å². The molecule has 13 atom stereocenters. The fraction of sp³-hybridized carbons (Fsp3) is 0.379. The molecule has 7 rings (SSSR count). The first-order valence-electron chi connectivity index (χ1n) is 32.5. The number of ether oxygens (including phenoxy) is 2. The Hall–Kier alpha value is -12.9. The second-order valence-corrected chi connectivity index (χ2v) is 24.3. The number of carboxylic acid groups (broad SMARTS) is 4. The summed E-state index contributed by atoms with van der Waals surface area (Å²) in [5, 5.41) is 95.7. The van der Waals surface area contributed by atoms with E-state index in [4.69, 9.17) is 15.2 Å². The number of benzene rings is 3. The average Bonchev–Trinajstić information content (AvgIpc) is 1.67. The van der Waals surface area contributed by atoms with E-state index in [-0.39, 0.29) is 16.7 Å². The Morgan fingerprint density at radius 2 is 1.17 bits per heavy atom. The Labute approximate surface area is 598 Å². The van der Waals surface area contributed by atoms with Crippen molar-refractivity contribution in [3.63, 3.8) is 0 Å². The van der Waals surface area contributed by atoms with Crippen molar-refractivity contribution < 1.29 is 127 Å². The highest BCUT2D eigenvalue weighted by molar-refractivity contribution is 6.05. The number of primary amides is 1. The molecule has 40 nitrogen and oxygen atoms in total. The fourth-order valence-electron chi connectivity index (χ4n) is 10.9. The number of H-pyrrole nitrogens is 2. The van der Waals surface area contributed by atoms with Crippen molar-refractivity contribution in [3.8, 4) is 5.75 Å². The number of rotatable bonds is 22. The van der Waals surface area contributed by atoms with E-state index >= 15 is 9.59 Å². The minimum absolute atomic E-state index is 0.0929. The number of nitrogens with two attached hydrogens (primary N) is 1. The number of fused-ring (bicyclic) bond motifs is 2. The molecule has 0 bridgehead atoms. The van der Waals surface area contributed by atoms with E-state index in [0.29, 0.717) is 34.6 Å². The van der Waals surface area contributed by atoms with Crippen LogP contribution in [0.5, 0.6) is 5.75 Å². The summed E-state index contributed by atoms with van der Waals surface area (Å²) in [5.41, 5.74) is 5.31. The Morgan fingerprint density at radius 3 is 1.76 bits per heavy atom. The van der Waals surface area contributed by atoms with Crippen LogP contribution in [0.2, 0.25) is 0 Å². The molecule has 0 radical (unpaired) electrons. The number of aromatic amines is 2. The molecular weight excluding hydrogens is 1400 g/mol. The topological polar surface area (TPSA) is 643 Å². The van der Waals surface area contributed by atoms with Crippen molar-refractivity contribution in [2.75, 3.05) is 13.2 Å². The summed E-state index contributed by atoms with van der Waals surface area (Å²) in [5.74, 6) is -26.9. The van der Waals surface area contributed by atoms with E-state index in [9.17, 15) is 108 Å². The number of aliphatic hydroxyl groups excluding tert-OH is 2. The monoisotopic (exact) mass is 1480 g/mol. The van der Waals surface area contributed by atoms with Crippen LogP contribution in [0.25, 0.3) is 27.9 Å². The fourth-order valence-corrected chi connectivity index (χ4v) is 10.9. The number of esters is 1. The van der Waals surface area contributed by atoms with Gasteiger partial charge in [-0.2, -0.15) is 0 Å². The maximum Gasteiger partial charge on any atom is 0.355 e. The van der Waals surface area contributed by atoms with E-state index < -0.39 is 243 Å². The van der Waals surface area contributed by atoms with Crippen LogP contribution in [0.1, 0.15) is 81.5 Å². The number of nitrogens with one attached hydrogen (secondary N) is 13. The Bertz CT molecular complexity index is 4250. The highest BCUT2D eigenvalue weighted by Gasteiger charge is 2.46.